The Hall–Kier alpha value is -7.89. The SMILES string of the molecule is c1ccc(-c2nc(-c3ccc4ccccc4c3)nc(-c3cccc4oc5c(-c6ccccc6)cc(-n6c7ccccc7c7c8ccccc8ccc76)cc5c34)n2)cc1. The van der Waals surface area contributed by atoms with Gasteiger partial charge in [0.15, 0.2) is 17.5 Å². The van der Waals surface area contributed by atoms with Crippen LogP contribution < -0.4 is 0 Å². The Morgan fingerprint density at radius 3 is 1.84 bits per heavy atom. The normalized spacial score (nSPS) is 11.8. The van der Waals surface area contributed by atoms with E-state index in [0.29, 0.717) is 17.5 Å². The van der Waals surface area contributed by atoms with E-state index in [9.17, 15) is 0 Å². The molecular weight excluding hydrogens is 709 g/mol. The highest BCUT2D eigenvalue weighted by molar-refractivity contribution is 6.22. The fourth-order valence-corrected chi connectivity index (χ4v) is 8.75. The van der Waals surface area contributed by atoms with Gasteiger partial charge in [0.05, 0.1) is 11.0 Å². The Morgan fingerprint density at radius 1 is 0.362 bits per heavy atom. The Labute approximate surface area is 333 Å². The van der Waals surface area contributed by atoms with E-state index in [1.54, 1.807) is 0 Å². The molecule has 0 aliphatic heterocycles. The molecule has 0 aliphatic rings. The van der Waals surface area contributed by atoms with E-state index in [1.807, 2.05) is 42.5 Å². The molecule has 0 N–H and O–H groups in total. The maximum atomic E-state index is 6.90. The summed E-state index contributed by atoms with van der Waals surface area (Å²) in [6.07, 6.45) is 0. The number of para-hydroxylation sites is 1. The van der Waals surface area contributed by atoms with Crippen LogP contribution in [0.15, 0.2) is 199 Å². The lowest BCUT2D eigenvalue weighted by atomic mass is 9.99. The van der Waals surface area contributed by atoms with Crippen molar-refractivity contribution in [1.82, 2.24) is 19.5 Å². The van der Waals surface area contributed by atoms with Crippen molar-refractivity contribution in [3.63, 3.8) is 0 Å². The van der Waals surface area contributed by atoms with Crippen LogP contribution in [0.25, 0.3) is 116 Å². The standard InChI is InChI=1S/C53H32N4O/c1-3-15-34(16-4-1)43-31-39(57-45-24-12-11-22-41(45)48-40-21-10-9-17-35(40)28-29-46(48)57)32-44-49-42(23-13-25-47(49)58-50(43)44)53-55-51(36-18-5-2-6-19-36)54-52(56-53)38-27-26-33-14-7-8-20-37(33)30-38/h1-32H. The van der Waals surface area contributed by atoms with Gasteiger partial charge in [-0.15, -0.1) is 0 Å². The number of hydrogen-bond donors (Lipinski definition) is 0. The molecule has 3 heterocycles. The first-order valence-corrected chi connectivity index (χ1v) is 19.5. The highest BCUT2D eigenvalue weighted by atomic mass is 16.3. The number of nitrogens with zero attached hydrogens (tertiary/aromatic N) is 4. The van der Waals surface area contributed by atoms with Gasteiger partial charge >= 0.3 is 0 Å². The molecule has 0 fully saturated rings. The lowest BCUT2D eigenvalue weighted by molar-refractivity contribution is 0.670. The lowest BCUT2D eigenvalue weighted by Gasteiger charge is -2.12. The number of hydrogen-bond acceptors (Lipinski definition) is 4. The third-order valence-corrected chi connectivity index (χ3v) is 11.4. The first kappa shape index (κ1) is 32.4. The summed E-state index contributed by atoms with van der Waals surface area (Å²) < 4.78 is 9.30. The third kappa shape index (κ3) is 5.07. The van der Waals surface area contributed by atoms with E-state index < -0.39 is 0 Å². The van der Waals surface area contributed by atoms with Crippen LogP contribution in [-0.4, -0.2) is 19.5 Å². The predicted molar refractivity (Wildman–Crippen MR) is 238 cm³/mol. The Bertz CT molecular complexity index is 3570. The largest absolute Gasteiger partial charge is 0.455 e. The average Bonchev–Trinajstić information content (AvgIpc) is 3.85. The van der Waals surface area contributed by atoms with Gasteiger partial charge in [0.2, 0.25) is 0 Å². The molecule has 3 aromatic heterocycles. The van der Waals surface area contributed by atoms with Crippen LogP contribution in [0.1, 0.15) is 0 Å². The molecule has 0 amide bonds. The minimum atomic E-state index is 0.584. The monoisotopic (exact) mass is 740 g/mol. The molecule has 5 heteroatoms. The quantitative estimate of drug-likeness (QED) is 0.176. The summed E-state index contributed by atoms with van der Waals surface area (Å²) in [6, 6.07) is 68.0. The molecule has 5 nitrogen and oxygen atoms in total. The van der Waals surface area contributed by atoms with Crippen LogP contribution in [0.4, 0.5) is 0 Å². The number of rotatable bonds is 5. The van der Waals surface area contributed by atoms with Crippen LogP contribution >= 0.6 is 0 Å². The second-order valence-electron chi connectivity index (χ2n) is 14.8. The van der Waals surface area contributed by atoms with Crippen molar-refractivity contribution in [2.24, 2.45) is 0 Å². The third-order valence-electron chi connectivity index (χ3n) is 11.4. The predicted octanol–water partition coefficient (Wildman–Crippen LogP) is 13.8. The topological polar surface area (TPSA) is 56.7 Å². The Balaban J connectivity index is 1.16. The van der Waals surface area contributed by atoms with Gasteiger partial charge in [-0.25, -0.2) is 15.0 Å². The van der Waals surface area contributed by atoms with Crippen molar-refractivity contribution in [3.8, 4) is 51.0 Å². The molecule has 270 valence electrons. The van der Waals surface area contributed by atoms with Crippen LogP contribution in [-0.2, 0) is 0 Å². The molecule has 0 saturated carbocycles. The highest BCUT2D eigenvalue weighted by Crippen LogP contribution is 2.44. The molecule has 0 spiro atoms. The lowest BCUT2D eigenvalue weighted by Crippen LogP contribution is -2.00. The molecule has 12 rings (SSSR count). The van der Waals surface area contributed by atoms with Gasteiger partial charge in [-0.2, -0.15) is 0 Å². The molecule has 12 aromatic rings. The summed E-state index contributed by atoms with van der Waals surface area (Å²) in [5, 5.41) is 9.16. The number of fused-ring (bicyclic) bond motifs is 9. The minimum absolute atomic E-state index is 0.584. The molecule has 0 saturated heterocycles. The van der Waals surface area contributed by atoms with Gasteiger partial charge < -0.3 is 8.98 Å². The maximum absolute atomic E-state index is 6.90. The zero-order chi connectivity index (χ0) is 38.2. The van der Waals surface area contributed by atoms with Gasteiger partial charge in [0.25, 0.3) is 0 Å². The van der Waals surface area contributed by atoms with Crippen molar-refractivity contribution < 1.29 is 4.42 Å². The van der Waals surface area contributed by atoms with Crippen molar-refractivity contribution >= 4 is 65.3 Å². The van der Waals surface area contributed by atoms with Crippen LogP contribution in [0.2, 0.25) is 0 Å². The minimum Gasteiger partial charge on any atom is -0.455 e. The number of aromatic nitrogens is 4. The fraction of sp³-hybridized carbons (Fsp3) is 0. The van der Waals surface area contributed by atoms with E-state index >= 15 is 0 Å². The van der Waals surface area contributed by atoms with Crippen LogP contribution in [0, 0.1) is 0 Å². The van der Waals surface area contributed by atoms with Gasteiger partial charge in [0, 0.05) is 49.5 Å². The second-order valence-corrected chi connectivity index (χ2v) is 14.8. The van der Waals surface area contributed by atoms with E-state index in [0.717, 1.165) is 71.9 Å². The first-order valence-electron chi connectivity index (χ1n) is 19.5. The van der Waals surface area contributed by atoms with E-state index in [1.165, 1.54) is 26.9 Å². The molecule has 0 bridgehead atoms. The molecule has 58 heavy (non-hydrogen) atoms. The van der Waals surface area contributed by atoms with Crippen molar-refractivity contribution in [1.29, 1.82) is 0 Å². The van der Waals surface area contributed by atoms with E-state index in [4.69, 9.17) is 19.4 Å². The Kier molecular flexibility index (Phi) is 7.16. The number of furan rings is 1. The summed E-state index contributed by atoms with van der Waals surface area (Å²) in [7, 11) is 0. The van der Waals surface area contributed by atoms with Crippen molar-refractivity contribution in [2.45, 2.75) is 0 Å². The molecule has 0 atom stereocenters. The van der Waals surface area contributed by atoms with Crippen molar-refractivity contribution in [2.75, 3.05) is 0 Å². The van der Waals surface area contributed by atoms with E-state index in [-0.39, 0.29) is 0 Å². The maximum Gasteiger partial charge on any atom is 0.164 e. The van der Waals surface area contributed by atoms with Gasteiger partial charge in [-0.1, -0.05) is 158 Å². The molecule has 0 aliphatic carbocycles. The van der Waals surface area contributed by atoms with E-state index in [2.05, 4.69) is 156 Å². The zero-order valence-corrected chi connectivity index (χ0v) is 31.2. The highest BCUT2D eigenvalue weighted by Gasteiger charge is 2.23. The smallest absolute Gasteiger partial charge is 0.164 e. The van der Waals surface area contributed by atoms with Crippen molar-refractivity contribution in [3.05, 3.63) is 194 Å². The zero-order valence-electron chi connectivity index (χ0n) is 31.2. The molecule has 9 aromatic carbocycles. The number of benzene rings is 9. The first-order chi connectivity index (χ1) is 28.7. The summed E-state index contributed by atoms with van der Waals surface area (Å²) in [4.78, 5) is 15.5. The summed E-state index contributed by atoms with van der Waals surface area (Å²) >= 11 is 0. The van der Waals surface area contributed by atoms with Gasteiger partial charge in [-0.3, -0.25) is 0 Å². The molecular formula is C53H32N4O. The summed E-state index contributed by atoms with van der Waals surface area (Å²) in [5.74, 6) is 1.81. The van der Waals surface area contributed by atoms with Gasteiger partial charge in [0.1, 0.15) is 11.2 Å². The fourth-order valence-electron chi connectivity index (χ4n) is 8.75. The second kappa shape index (κ2) is 12.8. The molecule has 0 unspecified atom stereocenters. The molecule has 0 radical (unpaired) electrons. The summed E-state index contributed by atoms with van der Waals surface area (Å²) in [5.41, 5.74) is 9.73. The van der Waals surface area contributed by atoms with Gasteiger partial charge in [-0.05, 0) is 63.5 Å². The average molecular weight is 741 g/mol. The van der Waals surface area contributed by atoms with Crippen LogP contribution in [0.3, 0.4) is 0 Å². The summed E-state index contributed by atoms with van der Waals surface area (Å²) in [6.45, 7) is 0. The Morgan fingerprint density at radius 2 is 1.02 bits per heavy atom. The van der Waals surface area contributed by atoms with Crippen LogP contribution in [0.5, 0.6) is 0 Å².